The Morgan fingerprint density at radius 3 is 2.40 bits per heavy atom. The molecule has 0 unspecified atom stereocenters. The maximum Gasteiger partial charge on any atom is 0.240 e. The number of amides is 1. The van der Waals surface area contributed by atoms with E-state index in [1.807, 2.05) is 59.5 Å². The standard InChI is InChI=1S/C22H25N5O2S/c1-29-18-12-10-17(11-13-18)20-24-25-22(27(20)23)30-19(16-8-4-2-5-9-16)21(28)26-14-6-3-7-15-26/h2,4-5,8-13,19H,3,6-7,14-15,23H2,1H3/t19-/m0/s1. The third-order valence-corrected chi connectivity index (χ3v) is 6.43. The van der Waals surface area contributed by atoms with Crippen LogP contribution in [-0.4, -0.2) is 45.9 Å². The van der Waals surface area contributed by atoms with Gasteiger partial charge in [0.15, 0.2) is 5.82 Å². The highest BCUT2D eigenvalue weighted by molar-refractivity contribution is 8.00. The first-order valence-electron chi connectivity index (χ1n) is 10.0. The van der Waals surface area contributed by atoms with E-state index in [2.05, 4.69) is 10.2 Å². The number of methoxy groups -OCH3 is 1. The predicted octanol–water partition coefficient (Wildman–Crippen LogP) is 3.51. The average molecular weight is 424 g/mol. The lowest BCUT2D eigenvalue weighted by molar-refractivity contribution is -0.131. The van der Waals surface area contributed by atoms with Crippen molar-refractivity contribution in [2.24, 2.45) is 0 Å². The Kier molecular flexibility index (Phi) is 6.23. The van der Waals surface area contributed by atoms with Gasteiger partial charge in [-0.05, 0) is 49.1 Å². The fourth-order valence-corrected chi connectivity index (χ4v) is 4.61. The van der Waals surface area contributed by atoms with Gasteiger partial charge in [-0.3, -0.25) is 4.79 Å². The average Bonchev–Trinajstić information content (AvgIpc) is 3.18. The summed E-state index contributed by atoms with van der Waals surface area (Å²) in [5.41, 5.74) is 1.77. The van der Waals surface area contributed by atoms with Gasteiger partial charge < -0.3 is 15.5 Å². The summed E-state index contributed by atoms with van der Waals surface area (Å²) in [6, 6.07) is 17.3. The second-order valence-electron chi connectivity index (χ2n) is 7.20. The maximum absolute atomic E-state index is 13.4. The number of thioether (sulfide) groups is 1. The summed E-state index contributed by atoms with van der Waals surface area (Å²) >= 11 is 1.34. The third kappa shape index (κ3) is 4.28. The molecule has 0 spiro atoms. The van der Waals surface area contributed by atoms with Crippen LogP contribution in [0.3, 0.4) is 0 Å². The summed E-state index contributed by atoms with van der Waals surface area (Å²) in [6.07, 6.45) is 3.27. The van der Waals surface area contributed by atoms with Crippen LogP contribution in [0.15, 0.2) is 59.8 Å². The van der Waals surface area contributed by atoms with Crippen LogP contribution in [0.5, 0.6) is 5.75 Å². The minimum atomic E-state index is -0.417. The molecule has 1 fully saturated rings. The number of carbonyl (C=O) groups is 1. The number of piperidine rings is 1. The summed E-state index contributed by atoms with van der Waals surface area (Å²) in [5.74, 6) is 7.72. The number of rotatable bonds is 6. The van der Waals surface area contributed by atoms with Gasteiger partial charge in [0.05, 0.1) is 7.11 Å². The fraction of sp³-hybridized carbons (Fsp3) is 0.318. The van der Waals surface area contributed by atoms with Crippen molar-refractivity contribution in [1.82, 2.24) is 19.8 Å². The number of nitrogens with two attached hydrogens (primary N) is 1. The lowest BCUT2D eigenvalue weighted by atomic mass is 10.1. The highest BCUT2D eigenvalue weighted by Crippen LogP contribution is 2.37. The van der Waals surface area contributed by atoms with Crippen molar-refractivity contribution in [1.29, 1.82) is 0 Å². The number of aromatic nitrogens is 3. The minimum absolute atomic E-state index is 0.0971. The van der Waals surface area contributed by atoms with Crippen molar-refractivity contribution in [3.05, 3.63) is 60.2 Å². The molecule has 7 nitrogen and oxygen atoms in total. The van der Waals surface area contributed by atoms with Crippen molar-refractivity contribution in [3.8, 4) is 17.1 Å². The Morgan fingerprint density at radius 1 is 1.03 bits per heavy atom. The molecular formula is C22H25N5O2S. The summed E-state index contributed by atoms with van der Waals surface area (Å²) in [6.45, 7) is 1.60. The first-order chi connectivity index (χ1) is 14.7. The molecule has 4 rings (SSSR count). The first-order valence-corrected chi connectivity index (χ1v) is 10.9. The second kappa shape index (κ2) is 9.21. The van der Waals surface area contributed by atoms with Gasteiger partial charge in [0.1, 0.15) is 11.0 Å². The molecule has 30 heavy (non-hydrogen) atoms. The van der Waals surface area contributed by atoms with Crippen molar-refractivity contribution in [2.75, 3.05) is 26.0 Å². The lowest BCUT2D eigenvalue weighted by Crippen LogP contribution is -2.38. The molecule has 1 saturated heterocycles. The van der Waals surface area contributed by atoms with E-state index in [4.69, 9.17) is 10.6 Å². The van der Waals surface area contributed by atoms with Crippen molar-refractivity contribution < 1.29 is 9.53 Å². The number of ether oxygens (including phenoxy) is 1. The lowest BCUT2D eigenvalue weighted by Gasteiger charge is -2.30. The zero-order valence-corrected chi connectivity index (χ0v) is 17.7. The molecule has 0 aliphatic carbocycles. The Bertz CT molecular complexity index is 985. The molecule has 0 radical (unpaired) electrons. The summed E-state index contributed by atoms with van der Waals surface area (Å²) in [7, 11) is 1.62. The Balaban J connectivity index is 1.61. The molecular weight excluding hydrogens is 398 g/mol. The largest absolute Gasteiger partial charge is 0.497 e. The van der Waals surface area contributed by atoms with Crippen LogP contribution in [-0.2, 0) is 4.79 Å². The molecule has 8 heteroatoms. The van der Waals surface area contributed by atoms with Crippen LogP contribution in [0.2, 0.25) is 0 Å². The van der Waals surface area contributed by atoms with Crippen LogP contribution in [0, 0.1) is 0 Å². The summed E-state index contributed by atoms with van der Waals surface area (Å²) in [5, 5.41) is 8.62. The molecule has 3 aromatic rings. The number of carbonyl (C=O) groups excluding carboxylic acids is 1. The molecule has 1 amide bonds. The number of likely N-dealkylation sites (tertiary alicyclic amines) is 1. The van der Waals surface area contributed by atoms with Gasteiger partial charge in [0.25, 0.3) is 0 Å². The van der Waals surface area contributed by atoms with E-state index in [1.54, 1.807) is 7.11 Å². The first kappa shape index (κ1) is 20.3. The molecule has 1 aromatic heterocycles. The van der Waals surface area contributed by atoms with E-state index in [1.165, 1.54) is 22.9 Å². The molecule has 1 aliphatic heterocycles. The molecule has 1 aliphatic rings. The van der Waals surface area contributed by atoms with Crippen LogP contribution in [0.1, 0.15) is 30.1 Å². The Labute approximate surface area is 180 Å². The Morgan fingerprint density at radius 2 is 1.73 bits per heavy atom. The number of hydrogen-bond donors (Lipinski definition) is 1. The van der Waals surface area contributed by atoms with Crippen molar-refractivity contribution in [2.45, 2.75) is 29.7 Å². The van der Waals surface area contributed by atoms with E-state index in [0.717, 1.165) is 42.8 Å². The molecule has 2 N–H and O–H groups in total. The highest BCUT2D eigenvalue weighted by Gasteiger charge is 2.30. The number of benzene rings is 2. The zero-order valence-electron chi connectivity index (χ0n) is 16.9. The number of nitrogens with zero attached hydrogens (tertiary/aromatic N) is 4. The number of nitrogen functional groups attached to an aromatic ring is 1. The van der Waals surface area contributed by atoms with E-state index in [9.17, 15) is 4.79 Å². The van der Waals surface area contributed by atoms with Gasteiger partial charge in [-0.2, -0.15) is 0 Å². The molecule has 1 atom stereocenters. The minimum Gasteiger partial charge on any atom is -0.497 e. The molecule has 0 saturated carbocycles. The monoisotopic (exact) mass is 423 g/mol. The predicted molar refractivity (Wildman–Crippen MR) is 118 cm³/mol. The molecule has 156 valence electrons. The highest BCUT2D eigenvalue weighted by atomic mass is 32.2. The van der Waals surface area contributed by atoms with Gasteiger partial charge in [-0.15, -0.1) is 10.2 Å². The summed E-state index contributed by atoms with van der Waals surface area (Å²) in [4.78, 5) is 15.3. The van der Waals surface area contributed by atoms with Crippen LogP contribution in [0.4, 0.5) is 0 Å². The quantitative estimate of drug-likeness (QED) is 0.482. The van der Waals surface area contributed by atoms with Gasteiger partial charge in [-0.25, -0.2) is 4.68 Å². The van der Waals surface area contributed by atoms with E-state index >= 15 is 0 Å². The number of hydrogen-bond acceptors (Lipinski definition) is 6. The van der Waals surface area contributed by atoms with E-state index < -0.39 is 5.25 Å². The van der Waals surface area contributed by atoms with Gasteiger partial charge in [-0.1, -0.05) is 42.1 Å². The third-order valence-electron chi connectivity index (χ3n) is 5.23. The van der Waals surface area contributed by atoms with E-state index in [-0.39, 0.29) is 5.91 Å². The second-order valence-corrected chi connectivity index (χ2v) is 8.27. The van der Waals surface area contributed by atoms with E-state index in [0.29, 0.717) is 11.0 Å². The molecule has 2 heterocycles. The SMILES string of the molecule is COc1ccc(-c2nnc(S[C@H](C(=O)N3CCCCC3)c3ccccc3)n2N)cc1. The van der Waals surface area contributed by atoms with Gasteiger partial charge in [0, 0.05) is 18.7 Å². The van der Waals surface area contributed by atoms with Crippen LogP contribution in [0.25, 0.3) is 11.4 Å². The smallest absolute Gasteiger partial charge is 0.240 e. The fourth-order valence-electron chi connectivity index (χ4n) is 3.57. The maximum atomic E-state index is 13.4. The molecule has 0 bridgehead atoms. The summed E-state index contributed by atoms with van der Waals surface area (Å²) < 4.78 is 6.66. The van der Waals surface area contributed by atoms with Crippen LogP contribution < -0.4 is 10.6 Å². The van der Waals surface area contributed by atoms with Gasteiger partial charge >= 0.3 is 0 Å². The van der Waals surface area contributed by atoms with Crippen molar-refractivity contribution >= 4 is 17.7 Å². The van der Waals surface area contributed by atoms with Crippen molar-refractivity contribution in [3.63, 3.8) is 0 Å². The zero-order chi connectivity index (χ0) is 20.9. The topological polar surface area (TPSA) is 86.3 Å². The Hall–Kier alpha value is -3.00. The normalized spacial score (nSPS) is 15.0. The van der Waals surface area contributed by atoms with Crippen LogP contribution >= 0.6 is 11.8 Å². The van der Waals surface area contributed by atoms with Gasteiger partial charge in [0.2, 0.25) is 11.1 Å². The molecule has 2 aromatic carbocycles.